The Morgan fingerprint density at radius 2 is 2.37 bits per heavy atom. The number of furan rings is 1. The van der Waals surface area contributed by atoms with E-state index in [-0.39, 0.29) is 6.04 Å². The summed E-state index contributed by atoms with van der Waals surface area (Å²) >= 11 is 0. The number of fused-ring (bicyclic) bond motifs is 1. The van der Waals surface area contributed by atoms with Crippen molar-refractivity contribution in [2.45, 2.75) is 13.0 Å². The lowest BCUT2D eigenvalue weighted by Gasteiger charge is -2.12. The summed E-state index contributed by atoms with van der Waals surface area (Å²) in [7, 11) is 1.65. The van der Waals surface area contributed by atoms with Gasteiger partial charge >= 0.3 is 0 Å². The minimum Gasteiger partial charge on any atom is -0.493 e. The third kappa shape index (κ3) is 2.23. The molecule has 0 radical (unpaired) electrons. The van der Waals surface area contributed by atoms with E-state index in [4.69, 9.17) is 9.15 Å². The molecular formula is C14H17N3O2. The highest BCUT2D eigenvalue weighted by Gasteiger charge is 2.16. The second kappa shape index (κ2) is 4.84. The summed E-state index contributed by atoms with van der Waals surface area (Å²) in [5, 5.41) is 7.53. The van der Waals surface area contributed by atoms with Crippen LogP contribution in [0.15, 0.2) is 33.7 Å². The molecule has 3 rings (SSSR count). The summed E-state index contributed by atoms with van der Waals surface area (Å²) in [6.45, 7) is 3.76. The zero-order chi connectivity index (χ0) is 13.2. The van der Waals surface area contributed by atoms with Gasteiger partial charge in [0.05, 0.1) is 19.7 Å². The fourth-order valence-corrected chi connectivity index (χ4v) is 2.20. The number of rotatable bonds is 3. The van der Waals surface area contributed by atoms with E-state index in [0.29, 0.717) is 0 Å². The Kier molecular flexibility index (Phi) is 3.03. The van der Waals surface area contributed by atoms with E-state index in [1.807, 2.05) is 31.2 Å². The Bertz CT molecular complexity index is 618. The smallest absolute Gasteiger partial charge is 0.191 e. The first-order valence-electron chi connectivity index (χ1n) is 6.39. The Labute approximate surface area is 111 Å². The van der Waals surface area contributed by atoms with Crippen molar-refractivity contribution in [3.8, 4) is 5.75 Å². The van der Waals surface area contributed by atoms with E-state index >= 15 is 0 Å². The Hall–Kier alpha value is -2.17. The van der Waals surface area contributed by atoms with Crippen LogP contribution in [-0.4, -0.2) is 26.2 Å². The fourth-order valence-electron chi connectivity index (χ4n) is 2.20. The van der Waals surface area contributed by atoms with Crippen molar-refractivity contribution in [1.29, 1.82) is 0 Å². The number of nitrogens with zero attached hydrogens (tertiary/aromatic N) is 1. The first-order chi connectivity index (χ1) is 9.28. The number of guanidine groups is 1. The first-order valence-corrected chi connectivity index (χ1v) is 6.39. The van der Waals surface area contributed by atoms with Crippen LogP contribution in [0.5, 0.6) is 5.75 Å². The summed E-state index contributed by atoms with van der Waals surface area (Å²) in [4.78, 5) is 4.32. The van der Waals surface area contributed by atoms with Crippen molar-refractivity contribution in [2.24, 2.45) is 4.99 Å². The Morgan fingerprint density at radius 3 is 3.11 bits per heavy atom. The molecule has 0 saturated carbocycles. The Morgan fingerprint density at radius 1 is 1.47 bits per heavy atom. The number of hydrogen-bond donors (Lipinski definition) is 2. The molecule has 0 amide bonds. The molecule has 5 heteroatoms. The van der Waals surface area contributed by atoms with Gasteiger partial charge < -0.3 is 19.8 Å². The SMILES string of the molecule is COc1cccc2cc(C(C)NC3=NCCN3)oc12. The standard InChI is InChI=1S/C14H17N3O2/c1-9(17-14-15-6-7-16-14)12-8-10-4-3-5-11(18-2)13(10)19-12/h3-5,8-9H,6-7H2,1-2H3,(H2,15,16,17). The van der Waals surface area contributed by atoms with Crippen LogP contribution in [-0.2, 0) is 0 Å². The summed E-state index contributed by atoms with van der Waals surface area (Å²) in [6, 6.07) is 7.97. The quantitative estimate of drug-likeness (QED) is 0.885. The van der Waals surface area contributed by atoms with E-state index in [9.17, 15) is 0 Å². The van der Waals surface area contributed by atoms with Crippen molar-refractivity contribution < 1.29 is 9.15 Å². The minimum absolute atomic E-state index is 0.0569. The minimum atomic E-state index is 0.0569. The van der Waals surface area contributed by atoms with Gasteiger partial charge in [0.25, 0.3) is 0 Å². The number of methoxy groups -OCH3 is 1. The third-order valence-electron chi connectivity index (χ3n) is 3.20. The van der Waals surface area contributed by atoms with Gasteiger partial charge in [0.1, 0.15) is 5.76 Å². The van der Waals surface area contributed by atoms with Crippen LogP contribution < -0.4 is 15.4 Å². The van der Waals surface area contributed by atoms with E-state index < -0.39 is 0 Å². The maximum atomic E-state index is 5.89. The Balaban J connectivity index is 1.88. The molecule has 0 spiro atoms. The normalized spacial score (nSPS) is 16.0. The van der Waals surface area contributed by atoms with Crippen molar-refractivity contribution in [1.82, 2.24) is 10.6 Å². The largest absolute Gasteiger partial charge is 0.493 e. The second-order valence-corrected chi connectivity index (χ2v) is 4.55. The van der Waals surface area contributed by atoms with Gasteiger partial charge in [-0.3, -0.25) is 4.99 Å². The predicted molar refractivity (Wildman–Crippen MR) is 74.6 cm³/mol. The highest BCUT2D eigenvalue weighted by atomic mass is 16.5. The van der Waals surface area contributed by atoms with E-state index in [2.05, 4.69) is 15.6 Å². The van der Waals surface area contributed by atoms with Crippen LogP contribution in [0.2, 0.25) is 0 Å². The van der Waals surface area contributed by atoms with Crippen molar-refractivity contribution >= 4 is 16.9 Å². The third-order valence-corrected chi connectivity index (χ3v) is 3.20. The molecule has 19 heavy (non-hydrogen) atoms. The maximum absolute atomic E-state index is 5.89. The monoisotopic (exact) mass is 259 g/mol. The van der Waals surface area contributed by atoms with Crippen LogP contribution in [0.1, 0.15) is 18.7 Å². The van der Waals surface area contributed by atoms with Gasteiger partial charge in [0.15, 0.2) is 17.3 Å². The molecule has 1 unspecified atom stereocenters. The molecule has 2 aromatic rings. The lowest BCUT2D eigenvalue weighted by atomic mass is 10.2. The molecule has 0 fully saturated rings. The molecule has 0 bridgehead atoms. The average Bonchev–Trinajstić information content (AvgIpc) is 3.06. The van der Waals surface area contributed by atoms with Gasteiger partial charge in [-0.05, 0) is 19.1 Å². The van der Waals surface area contributed by atoms with Crippen molar-refractivity contribution in [3.63, 3.8) is 0 Å². The second-order valence-electron chi connectivity index (χ2n) is 4.55. The lowest BCUT2D eigenvalue weighted by Crippen LogP contribution is -2.35. The fraction of sp³-hybridized carbons (Fsp3) is 0.357. The highest BCUT2D eigenvalue weighted by Crippen LogP contribution is 2.30. The molecule has 5 nitrogen and oxygen atoms in total. The molecule has 1 atom stereocenters. The number of hydrogen-bond acceptors (Lipinski definition) is 5. The van der Waals surface area contributed by atoms with Crippen LogP contribution >= 0.6 is 0 Å². The summed E-state index contributed by atoms with van der Waals surface area (Å²) in [5.74, 6) is 2.46. The number of nitrogens with one attached hydrogen (secondary N) is 2. The van der Waals surface area contributed by atoms with Gasteiger partial charge in [-0.25, -0.2) is 0 Å². The maximum Gasteiger partial charge on any atom is 0.191 e. The van der Waals surface area contributed by atoms with E-state index in [1.54, 1.807) is 7.11 Å². The topological polar surface area (TPSA) is 58.8 Å². The molecule has 1 aliphatic heterocycles. The molecule has 0 aliphatic carbocycles. The molecule has 0 saturated heterocycles. The zero-order valence-corrected chi connectivity index (χ0v) is 11.1. The van der Waals surface area contributed by atoms with Gasteiger partial charge in [-0.2, -0.15) is 0 Å². The lowest BCUT2D eigenvalue weighted by molar-refractivity contribution is 0.404. The van der Waals surface area contributed by atoms with Gasteiger partial charge in [-0.1, -0.05) is 12.1 Å². The van der Waals surface area contributed by atoms with Crippen LogP contribution in [0.25, 0.3) is 11.0 Å². The van der Waals surface area contributed by atoms with Gasteiger partial charge in [0.2, 0.25) is 0 Å². The van der Waals surface area contributed by atoms with Crippen LogP contribution in [0.3, 0.4) is 0 Å². The van der Waals surface area contributed by atoms with E-state index in [1.165, 1.54) is 0 Å². The molecule has 1 aromatic heterocycles. The van der Waals surface area contributed by atoms with Crippen molar-refractivity contribution in [3.05, 3.63) is 30.0 Å². The predicted octanol–water partition coefficient (Wildman–Crippen LogP) is 2.05. The molecule has 1 aliphatic rings. The van der Waals surface area contributed by atoms with Crippen molar-refractivity contribution in [2.75, 3.05) is 20.2 Å². The highest BCUT2D eigenvalue weighted by molar-refractivity contribution is 5.84. The number of para-hydroxylation sites is 1. The number of ether oxygens (including phenoxy) is 1. The average molecular weight is 259 g/mol. The van der Waals surface area contributed by atoms with E-state index in [0.717, 1.165) is 41.5 Å². The molecule has 2 N–H and O–H groups in total. The first kappa shape index (κ1) is 11.9. The van der Waals surface area contributed by atoms with Gasteiger partial charge in [0, 0.05) is 11.9 Å². The molecule has 1 aromatic carbocycles. The van der Waals surface area contributed by atoms with Gasteiger partial charge in [-0.15, -0.1) is 0 Å². The summed E-state index contributed by atoms with van der Waals surface area (Å²) < 4.78 is 11.2. The number of benzene rings is 1. The summed E-state index contributed by atoms with van der Waals surface area (Å²) in [6.07, 6.45) is 0. The molecule has 2 heterocycles. The van der Waals surface area contributed by atoms with Crippen LogP contribution in [0.4, 0.5) is 0 Å². The molecular weight excluding hydrogens is 242 g/mol. The summed E-state index contributed by atoms with van der Waals surface area (Å²) in [5.41, 5.74) is 0.787. The van der Waals surface area contributed by atoms with Crippen LogP contribution in [0, 0.1) is 0 Å². The zero-order valence-electron chi connectivity index (χ0n) is 11.1. The molecule has 100 valence electrons. The number of aliphatic imine (C=N–C) groups is 1.